The molecule has 1 amide bonds. The summed E-state index contributed by atoms with van der Waals surface area (Å²) in [5.41, 5.74) is 1.97. The molecule has 1 unspecified atom stereocenters. The standard InChI is InChI=1S/C22H30N4OS/c1-15(12-20-11-10-16(2)28-20)25-22(23-3)24-14-17-6-4-9-19(13-17)26-21(27)18-7-5-8-18/h4,6,9-11,13,15,18H,5,7-8,12,14H2,1-3H3,(H,26,27)(H2,23,24,25). The van der Waals surface area contributed by atoms with Crippen molar-refractivity contribution in [2.75, 3.05) is 12.4 Å². The minimum absolute atomic E-state index is 0.145. The lowest BCUT2D eigenvalue weighted by Gasteiger charge is -2.24. The van der Waals surface area contributed by atoms with E-state index in [9.17, 15) is 4.79 Å². The topological polar surface area (TPSA) is 65.5 Å². The van der Waals surface area contributed by atoms with Gasteiger partial charge in [0, 0.05) is 47.4 Å². The van der Waals surface area contributed by atoms with Crippen LogP contribution in [0.25, 0.3) is 0 Å². The van der Waals surface area contributed by atoms with Gasteiger partial charge in [-0.15, -0.1) is 11.3 Å². The number of carbonyl (C=O) groups is 1. The Labute approximate surface area is 171 Å². The fourth-order valence-corrected chi connectivity index (χ4v) is 4.25. The Hall–Kier alpha value is -2.34. The molecule has 3 N–H and O–H groups in total. The number of amides is 1. The van der Waals surface area contributed by atoms with Gasteiger partial charge in [-0.3, -0.25) is 9.79 Å². The third kappa shape index (κ3) is 5.83. The van der Waals surface area contributed by atoms with E-state index in [0.717, 1.165) is 36.5 Å². The predicted octanol–water partition coefficient (Wildman–Crippen LogP) is 4.09. The Balaban J connectivity index is 1.48. The number of guanidine groups is 1. The van der Waals surface area contributed by atoms with Crippen molar-refractivity contribution in [3.8, 4) is 0 Å². The quantitative estimate of drug-likeness (QED) is 0.486. The molecule has 1 atom stereocenters. The average molecular weight is 399 g/mol. The molecule has 0 aliphatic heterocycles. The van der Waals surface area contributed by atoms with E-state index in [2.05, 4.69) is 53.0 Å². The summed E-state index contributed by atoms with van der Waals surface area (Å²) >= 11 is 1.84. The molecular weight excluding hydrogens is 368 g/mol. The van der Waals surface area contributed by atoms with Crippen LogP contribution in [0.1, 0.15) is 41.5 Å². The van der Waals surface area contributed by atoms with Crippen molar-refractivity contribution in [3.63, 3.8) is 0 Å². The second-order valence-electron chi connectivity index (χ2n) is 7.51. The molecule has 1 aliphatic carbocycles. The van der Waals surface area contributed by atoms with Crippen molar-refractivity contribution in [1.29, 1.82) is 0 Å². The number of hydrogen-bond donors (Lipinski definition) is 3. The van der Waals surface area contributed by atoms with E-state index in [1.807, 2.05) is 29.5 Å². The third-order valence-electron chi connectivity index (χ3n) is 5.04. The van der Waals surface area contributed by atoms with E-state index < -0.39 is 0 Å². The monoisotopic (exact) mass is 398 g/mol. The van der Waals surface area contributed by atoms with Gasteiger partial charge in [-0.25, -0.2) is 0 Å². The summed E-state index contributed by atoms with van der Waals surface area (Å²) in [5.74, 6) is 1.12. The predicted molar refractivity (Wildman–Crippen MR) is 118 cm³/mol. The summed E-state index contributed by atoms with van der Waals surface area (Å²) in [5, 5.41) is 9.85. The lowest BCUT2D eigenvalue weighted by atomic mass is 9.85. The molecule has 1 aromatic carbocycles. The van der Waals surface area contributed by atoms with Crippen LogP contribution < -0.4 is 16.0 Å². The highest BCUT2D eigenvalue weighted by Gasteiger charge is 2.25. The van der Waals surface area contributed by atoms with Crippen LogP contribution in [-0.2, 0) is 17.8 Å². The molecule has 3 rings (SSSR count). The summed E-state index contributed by atoms with van der Waals surface area (Å²) < 4.78 is 0. The van der Waals surface area contributed by atoms with Gasteiger partial charge >= 0.3 is 0 Å². The molecule has 1 fully saturated rings. The highest BCUT2D eigenvalue weighted by atomic mass is 32.1. The van der Waals surface area contributed by atoms with Gasteiger partial charge in [-0.1, -0.05) is 18.6 Å². The number of aryl methyl sites for hydroxylation is 1. The highest BCUT2D eigenvalue weighted by molar-refractivity contribution is 7.11. The Morgan fingerprint density at radius 1 is 1.29 bits per heavy atom. The molecule has 0 bridgehead atoms. The summed E-state index contributed by atoms with van der Waals surface area (Å²) in [6.45, 7) is 4.95. The number of nitrogens with zero attached hydrogens (tertiary/aromatic N) is 1. The van der Waals surface area contributed by atoms with E-state index >= 15 is 0 Å². The lowest BCUT2D eigenvalue weighted by molar-refractivity contribution is -0.122. The Kier molecular flexibility index (Phi) is 7.09. The Morgan fingerprint density at radius 3 is 2.75 bits per heavy atom. The largest absolute Gasteiger partial charge is 0.354 e. The number of hydrogen-bond acceptors (Lipinski definition) is 3. The first kappa shape index (κ1) is 20.4. The minimum atomic E-state index is 0.145. The van der Waals surface area contributed by atoms with Crippen LogP contribution in [0.4, 0.5) is 5.69 Å². The van der Waals surface area contributed by atoms with Gasteiger partial charge in [0.2, 0.25) is 5.91 Å². The second-order valence-corrected chi connectivity index (χ2v) is 8.88. The van der Waals surface area contributed by atoms with E-state index in [1.54, 1.807) is 7.05 Å². The number of rotatable bonds is 7. The summed E-state index contributed by atoms with van der Waals surface area (Å²) in [6.07, 6.45) is 4.16. The van der Waals surface area contributed by atoms with E-state index in [-0.39, 0.29) is 17.9 Å². The Morgan fingerprint density at radius 2 is 2.11 bits per heavy atom. The van der Waals surface area contributed by atoms with Crippen molar-refractivity contribution in [3.05, 3.63) is 51.7 Å². The molecule has 1 heterocycles. The third-order valence-corrected chi connectivity index (χ3v) is 6.06. The second kappa shape index (κ2) is 9.73. The van der Waals surface area contributed by atoms with Crippen molar-refractivity contribution in [2.24, 2.45) is 10.9 Å². The zero-order valence-corrected chi connectivity index (χ0v) is 17.7. The van der Waals surface area contributed by atoms with E-state index in [0.29, 0.717) is 6.54 Å². The summed E-state index contributed by atoms with van der Waals surface area (Å²) in [7, 11) is 1.78. The molecule has 0 saturated heterocycles. The van der Waals surface area contributed by atoms with Gasteiger partial charge < -0.3 is 16.0 Å². The van der Waals surface area contributed by atoms with Gasteiger partial charge in [0.05, 0.1) is 0 Å². The van der Waals surface area contributed by atoms with Crippen molar-refractivity contribution in [1.82, 2.24) is 10.6 Å². The van der Waals surface area contributed by atoms with Crippen LogP contribution in [-0.4, -0.2) is 25.0 Å². The fraction of sp³-hybridized carbons (Fsp3) is 0.455. The first-order chi connectivity index (χ1) is 13.5. The number of carbonyl (C=O) groups excluding carboxylic acids is 1. The van der Waals surface area contributed by atoms with Crippen LogP contribution in [0.15, 0.2) is 41.4 Å². The fourth-order valence-electron chi connectivity index (χ4n) is 3.24. The normalized spacial score (nSPS) is 15.6. The SMILES string of the molecule is CN=C(NCc1cccc(NC(=O)C2CCC2)c1)NC(C)Cc1ccc(C)s1. The zero-order chi connectivity index (χ0) is 19.9. The van der Waals surface area contributed by atoms with Crippen LogP contribution >= 0.6 is 11.3 Å². The first-order valence-electron chi connectivity index (χ1n) is 9.96. The van der Waals surface area contributed by atoms with E-state index in [4.69, 9.17) is 0 Å². The molecule has 1 aromatic heterocycles. The number of benzene rings is 1. The molecule has 150 valence electrons. The maximum absolute atomic E-state index is 12.1. The van der Waals surface area contributed by atoms with Gasteiger partial charge in [0.15, 0.2) is 5.96 Å². The summed E-state index contributed by atoms with van der Waals surface area (Å²) in [4.78, 5) is 19.2. The molecule has 0 spiro atoms. The number of aliphatic imine (C=N–C) groups is 1. The number of nitrogens with one attached hydrogen (secondary N) is 3. The molecule has 0 radical (unpaired) electrons. The van der Waals surface area contributed by atoms with Gasteiger partial charge in [-0.2, -0.15) is 0 Å². The first-order valence-corrected chi connectivity index (χ1v) is 10.8. The Bertz CT molecular complexity index is 825. The highest BCUT2D eigenvalue weighted by Crippen LogP contribution is 2.27. The minimum Gasteiger partial charge on any atom is -0.354 e. The molecule has 1 saturated carbocycles. The van der Waals surface area contributed by atoms with Crippen LogP contribution in [0.5, 0.6) is 0 Å². The average Bonchev–Trinajstić information content (AvgIpc) is 3.02. The molecular formula is C22H30N4OS. The number of thiophene rings is 1. The molecule has 1 aliphatic rings. The van der Waals surface area contributed by atoms with Crippen molar-refractivity contribution in [2.45, 2.75) is 52.1 Å². The maximum Gasteiger partial charge on any atom is 0.227 e. The van der Waals surface area contributed by atoms with E-state index in [1.165, 1.54) is 16.2 Å². The van der Waals surface area contributed by atoms with Crippen molar-refractivity contribution >= 4 is 28.9 Å². The number of anilines is 1. The lowest BCUT2D eigenvalue weighted by Crippen LogP contribution is -2.42. The molecule has 6 heteroatoms. The van der Waals surface area contributed by atoms with Gasteiger partial charge in [-0.05, 0) is 56.5 Å². The molecule has 2 aromatic rings. The zero-order valence-electron chi connectivity index (χ0n) is 16.9. The molecule has 5 nitrogen and oxygen atoms in total. The van der Waals surface area contributed by atoms with Crippen molar-refractivity contribution < 1.29 is 4.79 Å². The van der Waals surface area contributed by atoms with Gasteiger partial charge in [0.1, 0.15) is 0 Å². The smallest absolute Gasteiger partial charge is 0.227 e. The van der Waals surface area contributed by atoms with Crippen LogP contribution in [0.2, 0.25) is 0 Å². The van der Waals surface area contributed by atoms with Gasteiger partial charge in [0.25, 0.3) is 0 Å². The van der Waals surface area contributed by atoms with Crippen LogP contribution in [0.3, 0.4) is 0 Å². The van der Waals surface area contributed by atoms with Crippen LogP contribution in [0, 0.1) is 12.8 Å². The maximum atomic E-state index is 12.1. The summed E-state index contributed by atoms with van der Waals surface area (Å²) in [6, 6.07) is 12.6. The molecule has 28 heavy (non-hydrogen) atoms.